The van der Waals surface area contributed by atoms with Gasteiger partial charge < -0.3 is 20.5 Å². The minimum absolute atomic E-state index is 0.0111. The Morgan fingerprint density at radius 3 is 2.80 bits per heavy atom. The van der Waals surface area contributed by atoms with Crippen LogP contribution in [0.5, 0.6) is 0 Å². The Morgan fingerprint density at radius 1 is 1.60 bits per heavy atom. The summed E-state index contributed by atoms with van der Waals surface area (Å²) in [6.45, 7) is -0.104. The summed E-state index contributed by atoms with van der Waals surface area (Å²) < 4.78 is 9.19. The first-order valence-electron chi connectivity index (χ1n) is 4.23. The molecule has 84 valence electrons. The zero-order valence-corrected chi connectivity index (χ0v) is 8.49. The van der Waals surface area contributed by atoms with Gasteiger partial charge in [0, 0.05) is 0 Å². The Labute approximate surface area is 88.1 Å². The van der Waals surface area contributed by atoms with Crippen LogP contribution in [-0.4, -0.2) is 44.8 Å². The molecule has 0 spiro atoms. The molecule has 0 fully saturated rings. The van der Waals surface area contributed by atoms with E-state index in [2.05, 4.69) is 16.0 Å². The highest BCUT2D eigenvalue weighted by Gasteiger charge is 2.14. The van der Waals surface area contributed by atoms with Crippen molar-refractivity contribution in [1.29, 1.82) is 0 Å². The van der Waals surface area contributed by atoms with Crippen molar-refractivity contribution in [2.24, 2.45) is 5.73 Å². The number of rotatable bonds is 6. The van der Waals surface area contributed by atoms with Crippen molar-refractivity contribution in [1.82, 2.24) is 5.32 Å². The van der Waals surface area contributed by atoms with Crippen LogP contribution in [-0.2, 0) is 19.1 Å². The van der Waals surface area contributed by atoms with Crippen molar-refractivity contribution in [3.63, 3.8) is 0 Å². The number of nitrogens with one attached hydrogen (secondary N) is 1. The number of nitrogens with two attached hydrogens (primary N) is 1. The summed E-state index contributed by atoms with van der Waals surface area (Å²) >= 11 is 0. The molecule has 0 aliphatic heterocycles. The third-order valence-electron chi connectivity index (χ3n) is 1.45. The first-order chi connectivity index (χ1) is 7.11. The Bertz CT molecular complexity index is 259. The van der Waals surface area contributed by atoms with E-state index in [0.717, 1.165) is 0 Å². The SMILES string of the molecule is C#CCOC[C@H](N)C(=O)NCC(=O)OC. The number of carbonyl (C=O) groups is 2. The smallest absolute Gasteiger partial charge is 0.325 e. The minimum Gasteiger partial charge on any atom is -0.468 e. The summed E-state index contributed by atoms with van der Waals surface area (Å²) in [5, 5.41) is 2.29. The average Bonchev–Trinajstić information content (AvgIpc) is 2.25. The van der Waals surface area contributed by atoms with E-state index in [1.807, 2.05) is 0 Å². The lowest BCUT2D eigenvalue weighted by Gasteiger charge is -2.10. The normalized spacial score (nSPS) is 11.3. The second-order valence-electron chi connectivity index (χ2n) is 2.62. The lowest BCUT2D eigenvalue weighted by atomic mass is 10.3. The average molecular weight is 214 g/mol. The second-order valence-corrected chi connectivity index (χ2v) is 2.62. The molecule has 0 radical (unpaired) electrons. The van der Waals surface area contributed by atoms with Crippen molar-refractivity contribution in [3.8, 4) is 12.3 Å². The molecule has 0 aromatic rings. The fraction of sp³-hybridized carbons (Fsp3) is 0.556. The summed E-state index contributed by atoms with van der Waals surface area (Å²) in [5.74, 6) is 1.21. The minimum atomic E-state index is -0.844. The highest BCUT2D eigenvalue weighted by Crippen LogP contribution is 1.82. The molecule has 15 heavy (non-hydrogen) atoms. The molecule has 0 heterocycles. The molecule has 0 aromatic carbocycles. The van der Waals surface area contributed by atoms with Gasteiger partial charge in [0.15, 0.2) is 0 Å². The van der Waals surface area contributed by atoms with E-state index in [0.29, 0.717) is 0 Å². The summed E-state index contributed by atoms with van der Waals surface area (Å²) in [7, 11) is 1.23. The van der Waals surface area contributed by atoms with E-state index >= 15 is 0 Å². The highest BCUT2D eigenvalue weighted by atomic mass is 16.5. The van der Waals surface area contributed by atoms with Crippen molar-refractivity contribution in [3.05, 3.63) is 0 Å². The molecule has 0 unspecified atom stereocenters. The van der Waals surface area contributed by atoms with Crippen molar-refractivity contribution < 1.29 is 19.1 Å². The number of methoxy groups -OCH3 is 1. The van der Waals surface area contributed by atoms with Gasteiger partial charge in [0.1, 0.15) is 19.2 Å². The molecule has 6 nitrogen and oxygen atoms in total. The number of terminal acetylenes is 1. The Hall–Kier alpha value is -1.58. The van der Waals surface area contributed by atoms with E-state index in [9.17, 15) is 9.59 Å². The first-order valence-corrected chi connectivity index (χ1v) is 4.23. The van der Waals surface area contributed by atoms with Gasteiger partial charge in [-0.1, -0.05) is 5.92 Å². The number of esters is 1. The van der Waals surface area contributed by atoms with Crippen LogP contribution in [0.2, 0.25) is 0 Å². The zero-order chi connectivity index (χ0) is 11.7. The van der Waals surface area contributed by atoms with Crippen molar-refractivity contribution >= 4 is 11.9 Å². The van der Waals surface area contributed by atoms with Crippen LogP contribution in [0.25, 0.3) is 0 Å². The summed E-state index contributed by atoms with van der Waals surface area (Å²) in [6, 6.07) is -0.844. The van der Waals surface area contributed by atoms with Gasteiger partial charge in [-0.25, -0.2) is 0 Å². The molecule has 0 saturated carbocycles. The maximum Gasteiger partial charge on any atom is 0.325 e. The van der Waals surface area contributed by atoms with Crippen LogP contribution in [0.4, 0.5) is 0 Å². The molecule has 1 atom stereocenters. The summed E-state index contributed by atoms with van der Waals surface area (Å²) in [5.41, 5.74) is 5.43. The van der Waals surface area contributed by atoms with Gasteiger partial charge in [-0.05, 0) is 0 Å². The van der Waals surface area contributed by atoms with E-state index in [1.165, 1.54) is 7.11 Å². The zero-order valence-electron chi connectivity index (χ0n) is 8.49. The predicted octanol–water partition coefficient (Wildman–Crippen LogP) is -1.75. The van der Waals surface area contributed by atoms with Crippen LogP contribution < -0.4 is 11.1 Å². The number of hydrogen-bond acceptors (Lipinski definition) is 5. The predicted molar refractivity (Wildman–Crippen MR) is 52.7 cm³/mol. The monoisotopic (exact) mass is 214 g/mol. The van der Waals surface area contributed by atoms with Crippen molar-refractivity contribution in [2.45, 2.75) is 6.04 Å². The summed E-state index contributed by atoms with van der Waals surface area (Å²) in [6.07, 6.45) is 4.93. The standard InChI is InChI=1S/C9H14N2O4/c1-3-4-15-6-7(10)9(13)11-5-8(12)14-2/h1,7H,4-6,10H2,2H3,(H,11,13)/t7-/m0/s1. The van der Waals surface area contributed by atoms with Gasteiger partial charge in [0.05, 0.1) is 13.7 Å². The molecule has 6 heteroatoms. The Kier molecular flexibility index (Phi) is 6.97. The maximum atomic E-state index is 11.2. The quantitative estimate of drug-likeness (QED) is 0.311. The third kappa shape index (κ3) is 6.49. The number of amides is 1. The lowest BCUT2D eigenvalue weighted by Crippen LogP contribution is -2.45. The Balaban J connectivity index is 3.70. The topological polar surface area (TPSA) is 90.6 Å². The van der Waals surface area contributed by atoms with E-state index in [4.69, 9.17) is 16.9 Å². The second kappa shape index (κ2) is 7.79. The Morgan fingerprint density at radius 2 is 2.27 bits per heavy atom. The molecule has 0 rings (SSSR count). The fourth-order valence-electron chi connectivity index (χ4n) is 0.683. The van der Waals surface area contributed by atoms with E-state index in [1.54, 1.807) is 0 Å². The number of carbonyl (C=O) groups excluding carboxylic acids is 2. The molecule has 3 N–H and O–H groups in total. The van der Waals surface area contributed by atoms with Crippen LogP contribution in [0.15, 0.2) is 0 Å². The van der Waals surface area contributed by atoms with Gasteiger partial charge >= 0.3 is 5.97 Å². The van der Waals surface area contributed by atoms with Crippen LogP contribution in [0.3, 0.4) is 0 Å². The first kappa shape index (κ1) is 13.4. The molecule has 0 aromatic heterocycles. The third-order valence-corrected chi connectivity index (χ3v) is 1.45. The van der Waals surface area contributed by atoms with E-state index < -0.39 is 17.9 Å². The van der Waals surface area contributed by atoms with Gasteiger partial charge in [-0.2, -0.15) is 0 Å². The number of hydrogen-bond donors (Lipinski definition) is 2. The van der Waals surface area contributed by atoms with Gasteiger partial charge in [0.25, 0.3) is 0 Å². The van der Waals surface area contributed by atoms with Crippen LogP contribution in [0.1, 0.15) is 0 Å². The van der Waals surface area contributed by atoms with Gasteiger partial charge in [-0.15, -0.1) is 6.42 Å². The largest absolute Gasteiger partial charge is 0.468 e. The fourth-order valence-corrected chi connectivity index (χ4v) is 0.683. The summed E-state index contributed by atoms with van der Waals surface area (Å²) in [4.78, 5) is 21.8. The van der Waals surface area contributed by atoms with Crippen LogP contribution in [0, 0.1) is 12.3 Å². The van der Waals surface area contributed by atoms with Gasteiger partial charge in [0.2, 0.25) is 5.91 Å². The number of ether oxygens (including phenoxy) is 2. The molecule has 0 aliphatic carbocycles. The highest BCUT2D eigenvalue weighted by molar-refractivity contribution is 5.85. The van der Waals surface area contributed by atoms with Gasteiger partial charge in [-0.3, -0.25) is 9.59 Å². The lowest BCUT2D eigenvalue weighted by molar-refractivity contribution is -0.141. The van der Waals surface area contributed by atoms with Crippen LogP contribution >= 0.6 is 0 Å². The molecule has 0 aliphatic rings. The molecular weight excluding hydrogens is 200 g/mol. The maximum absolute atomic E-state index is 11.2. The molecule has 0 bridgehead atoms. The van der Waals surface area contributed by atoms with Crippen molar-refractivity contribution in [2.75, 3.05) is 26.9 Å². The molecular formula is C9H14N2O4. The molecule has 1 amide bonds. The van der Waals surface area contributed by atoms with E-state index in [-0.39, 0.29) is 19.8 Å². The molecule has 0 saturated heterocycles.